The van der Waals surface area contributed by atoms with Gasteiger partial charge in [-0.15, -0.1) is 0 Å². The zero-order chi connectivity index (χ0) is 24.6. The fraction of sp³-hybridized carbons (Fsp3) is 0.269. The highest BCUT2D eigenvalue weighted by Crippen LogP contribution is 2.31. The number of rotatable bonds is 5. The Morgan fingerprint density at radius 2 is 1.75 bits per heavy atom. The van der Waals surface area contributed by atoms with E-state index in [9.17, 15) is 13.2 Å². The summed E-state index contributed by atoms with van der Waals surface area (Å²) in [5.74, 6) is -0.423. The van der Waals surface area contributed by atoms with Crippen LogP contribution in [0.3, 0.4) is 0 Å². The highest BCUT2D eigenvalue weighted by molar-refractivity contribution is 9.10. The number of hydrogen-bond acceptors (Lipinski definition) is 7. The van der Waals surface area contributed by atoms with Crippen molar-refractivity contribution >= 4 is 58.4 Å². The van der Waals surface area contributed by atoms with E-state index < -0.39 is 9.84 Å². The lowest BCUT2D eigenvalue weighted by molar-refractivity contribution is 0.0746. The maximum absolute atomic E-state index is 13.4. The molecule has 1 saturated heterocycles. The molecule has 0 bridgehead atoms. The molecule has 2 aromatic heterocycles. The van der Waals surface area contributed by atoms with Crippen molar-refractivity contribution in [3.05, 3.63) is 82.0 Å². The number of aromatic nitrogens is 2. The summed E-state index contributed by atoms with van der Waals surface area (Å²) < 4.78 is 28.1. The molecule has 7 nitrogen and oxygen atoms in total. The molecule has 10 heteroatoms. The number of carbonyl (C=O) groups excluding carboxylic acids is 1. The van der Waals surface area contributed by atoms with Gasteiger partial charge in [0, 0.05) is 41.9 Å². The molecule has 1 fully saturated rings. The monoisotopic (exact) mass is 586 g/mol. The number of thiazole rings is 1. The van der Waals surface area contributed by atoms with Gasteiger partial charge in [0.05, 0.1) is 16.0 Å². The van der Waals surface area contributed by atoms with Crippen LogP contribution in [0.5, 0.6) is 0 Å². The van der Waals surface area contributed by atoms with E-state index in [0.717, 1.165) is 19.8 Å². The first-order chi connectivity index (χ1) is 16.8. The Morgan fingerprint density at radius 3 is 2.50 bits per heavy atom. The van der Waals surface area contributed by atoms with Crippen LogP contribution in [-0.4, -0.2) is 55.4 Å². The normalized spacial score (nSPS) is 14.1. The number of fused-ring (bicyclic) bond motifs is 1. The molecule has 0 saturated carbocycles. The number of piperazine rings is 1. The molecule has 1 aliphatic heterocycles. The Morgan fingerprint density at radius 1 is 1.00 bits per heavy atom. The summed E-state index contributed by atoms with van der Waals surface area (Å²) in [5.41, 5.74) is 2.50. The Labute approximate surface area is 223 Å². The molecule has 0 unspecified atom stereocenters. The van der Waals surface area contributed by atoms with Crippen molar-refractivity contribution in [2.45, 2.75) is 25.1 Å². The number of benzene rings is 2. The fourth-order valence-corrected chi connectivity index (χ4v) is 7.06. The summed E-state index contributed by atoms with van der Waals surface area (Å²) in [6.07, 6.45) is 0. The number of hydrogen-bond donors (Lipinski definition) is 0. The number of carbonyl (C=O) groups is 1. The molecule has 1 aliphatic rings. The molecular formula is C26H27BrN4O3S2. The van der Waals surface area contributed by atoms with Crippen molar-refractivity contribution in [2.75, 3.05) is 31.1 Å². The van der Waals surface area contributed by atoms with Gasteiger partial charge in [0.1, 0.15) is 0 Å². The highest BCUT2D eigenvalue weighted by Gasteiger charge is 2.27. The third-order valence-corrected chi connectivity index (χ3v) is 9.08. The number of pyridine rings is 1. The minimum Gasteiger partial charge on any atom is -0.345 e. The predicted molar refractivity (Wildman–Crippen MR) is 148 cm³/mol. The Kier molecular flexibility index (Phi) is 7.77. The summed E-state index contributed by atoms with van der Waals surface area (Å²) in [7, 11) is -3.68. The van der Waals surface area contributed by atoms with Gasteiger partial charge < -0.3 is 9.80 Å². The number of aryl methyl sites for hydroxylation is 1. The van der Waals surface area contributed by atoms with E-state index >= 15 is 0 Å². The van der Waals surface area contributed by atoms with E-state index in [2.05, 4.69) is 31.9 Å². The van der Waals surface area contributed by atoms with Crippen LogP contribution in [0.15, 0.2) is 70.2 Å². The average Bonchev–Trinajstić information content (AvgIpc) is 3.27. The van der Waals surface area contributed by atoms with Gasteiger partial charge in [0.25, 0.3) is 5.91 Å². The summed E-state index contributed by atoms with van der Waals surface area (Å²) in [6.45, 7) is 4.17. The van der Waals surface area contributed by atoms with Gasteiger partial charge in [-0.25, -0.2) is 18.4 Å². The van der Waals surface area contributed by atoms with Gasteiger partial charge in [-0.3, -0.25) is 4.79 Å². The largest absolute Gasteiger partial charge is 0.345 e. The highest BCUT2D eigenvalue weighted by atomic mass is 79.9. The van der Waals surface area contributed by atoms with Gasteiger partial charge in [-0.1, -0.05) is 59.0 Å². The number of nitrogens with zero attached hydrogens (tertiary/aromatic N) is 4. The van der Waals surface area contributed by atoms with Crippen LogP contribution in [0.25, 0.3) is 10.2 Å². The summed E-state index contributed by atoms with van der Waals surface area (Å²) >= 11 is 5.14. The van der Waals surface area contributed by atoms with Crippen molar-refractivity contribution < 1.29 is 13.2 Å². The molecule has 0 N–H and O–H groups in total. The quantitative estimate of drug-likeness (QED) is 0.314. The van der Waals surface area contributed by atoms with Gasteiger partial charge >= 0.3 is 0 Å². The first kappa shape index (κ1) is 26.2. The maximum atomic E-state index is 13.4. The zero-order valence-corrected chi connectivity index (χ0v) is 22.2. The number of halogens is 1. The molecule has 5 rings (SSSR count). The van der Waals surface area contributed by atoms with Gasteiger partial charge in [-0.05, 0) is 48.9 Å². The Bertz CT molecular complexity index is 1510. The molecule has 3 heterocycles. The molecule has 4 aromatic rings. The van der Waals surface area contributed by atoms with Crippen molar-refractivity contribution in [3.8, 4) is 0 Å². The van der Waals surface area contributed by atoms with Crippen LogP contribution in [0, 0.1) is 6.92 Å². The Balaban J connectivity index is 0.00000304. The van der Waals surface area contributed by atoms with Crippen molar-refractivity contribution in [3.63, 3.8) is 0 Å². The average molecular weight is 588 g/mol. The first-order valence-electron chi connectivity index (χ1n) is 11.1. The van der Waals surface area contributed by atoms with E-state index in [4.69, 9.17) is 4.98 Å². The Hall–Kier alpha value is -2.82. The molecule has 0 spiro atoms. The summed E-state index contributed by atoms with van der Waals surface area (Å²) in [4.78, 5) is 26.3. The van der Waals surface area contributed by atoms with E-state index in [1.54, 1.807) is 59.6 Å². The molecular weight excluding hydrogens is 560 g/mol. The lowest BCUT2D eigenvalue weighted by Crippen LogP contribution is -2.49. The standard InChI is InChI=1S/C25H23BrN4O3S2.CH4/c1-17-5-4-8-23(27-17)35(32,33)16-18-6-2-3-7-20(18)24(31)29-11-13-30(14-12-29)25-28-21-10-9-19(26)15-22(21)34-25;/h2-10,15H,11-14,16H2,1H3;1H4. The number of anilines is 1. The fourth-order valence-electron chi connectivity index (χ4n) is 4.12. The smallest absolute Gasteiger partial charge is 0.254 e. The van der Waals surface area contributed by atoms with Crippen molar-refractivity contribution in [2.24, 2.45) is 0 Å². The van der Waals surface area contributed by atoms with Crippen LogP contribution in [0.4, 0.5) is 5.13 Å². The minimum absolute atomic E-state index is 0. The predicted octanol–water partition coefficient (Wildman–Crippen LogP) is 5.33. The number of amides is 1. The van der Waals surface area contributed by atoms with Crippen molar-refractivity contribution in [1.29, 1.82) is 0 Å². The van der Waals surface area contributed by atoms with Crippen LogP contribution in [0.2, 0.25) is 0 Å². The summed E-state index contributed by atoms with van der Waals surface area (Å²) in [5, 5.41) is 0.971. The third kappa shape index (κ3) is 5.45. The molecule has 0 aliphatic carbocycles. The molecule has 0 atom stereocenters. The molecule has 1 amide bonds. The van der Waals surface area contributed by atoms with Crippen molar-refractivity contribution in [1.82, 2.24) is 14.9 Å². The van der Waals surface area contributed by atoms with Crippen LogP contribution in [-0.2, 0) is 15.6 Å². The lowest BCUT2D eigenvalue weighted by Gasteiger charge is -2.34. The van der Waals surface area contributed by atoms with E-state index in [-0.39, 0.29) is 24.1 Å². The van der Waals surface area contributed by atoms with E-state index in [1.165, 1.54) is 6.07 Å². The maximum Gasteiger partial charge on any atom is 0.254 e. The molecule has 2 aromatic carbocycles. The van der Waals surface area contributed by atoms with Gasteiger partial charge in [-0.2, -0.15) is 0 Å². The number of sulfone groups is 1. The summed E-state index contributed by atoms with van der Waals surface area (Å²) in [6, 6.07) is 17.9. The van der Waals surface area contributed by atoms with Gasteiger partial charge in [0.2, 0.25) is 0 Å². The molecule has 188 valence electrons. The topological polar surface area (TPSA) is 83.5 Å². The zero-order valence-electron chi connectivity index (χ0n) is 19.0. The SMILES string of the molecule is C.Cc1cccc(S(=O)(=O)Cc2ccccc2C(=O)N2CCN(c3nc4ccc(Br)cc4s3)CC2)n1. The first-order valence-corrected chi connectivity index (χ1v) is 14.4. The van der Waals surface area contributed by atoms with Crippen LogP contribution >= 0.6 is 27.3 Å². The third-order valence-electron chi connectivity index (χ3n) is 5.95. The lowest BCUT2D eigenvalue weighted by atomic mass is 10.1. The minimum atomic E-state index is -3.68. The second-order valence-electron chi connectivity index (χ2n) is 8.42. The molecule has 36 heavy (non-hydrogen) atoms. The molecule has 0 radical (unpaired) electrons. The van der Waals surface area contributed by atoms with Crippen LogP contribution in [0.1, 0.15) is 29.0 Å². The van der Waals surface area contributed by atoms with Gasteiger partial charge in [0.15, 0.2) is 20.0 Å². The van der Waals surface area contributed by atoms with Crippen LogP contribution < -0.4 is 4.90 Å². The second-order valence-corrected chi connectivity index (χ2v) is 12.3. The van der Waals surface area contributed by atoms with E-state index in [1.807, 2.05) is 12.1 Å². The van der Waals surface area contributed by atoms with E-state index in [0.29, 0.717) is 43.0 Å². The second kappa shape index (κ2) is 10.7.